The normalized spacial score (nSPS) is 18.3. The van der Waals surface area contributed by atoms with E-state index < -0.39 is 5.54 Å². The summed E-state index contributed by atoms with van der Waals surface area (Å²) in [4.78, 5) is 28.4. The molecule has 29 heavy (non-hydrogen) atoms. The van der Waals surface area contributed by atoms with Crippen LogP contribution in [0.5, 0.6) is 0 Å². The van der Waals surface area contributed by atoms with Gasteiger partial charge in [0.2, 0.25) is 5.91 Å². The number of rotatable bonds is 4. The van der Waals surface area contributed by atoms with Gasteiger partial charge in [-0.05, 0) is 48.4 Å². The molecule has 5 heteroatoms. The zero-order chi connectivity index (χ0) is 20.4. The smallest absolute Gasteiger partial charge is 0.259 e. The van der Waals surface area contributed by atoms with Crippen LogP contribution in [0.25, 0.3) is 0 Å². The lowest BCUT2D eigenvalue weighted by molar-refractivity contribution is -0.126. The second-order valence-electron chi connectivity index (χ2n) is 7.39. The maximum atomic E-state index is 13.4. The fourth-order valence-corrected chi connectivity index (χ4v) is 3.95. The predicted molar refractivity (Wildman–Crippen MR) is 115 cm³/mol. The molecule has 1 unspecified atom stereocenters. The standard InChI is InChI=1S/C24H21ClN2O2/c1-24(23(29)26-16-17-7-3-2-4-8-17)15-18-9-5-6-10-21(18)22(28)27(24)20-13-11-19(25)12-14-20/h2-14H,15-16H2,1H3,(H,26,29). The van der Waals surface area contributed by atoms with Crippen molar-refractivity contribution >= 4 is 29.1 Å². The van der Waals surface area contributed by atoms with Gasteiger partial charge in [-0.2, -0.15) is 0 Å². The van der Waals surface area contributed by atoms with Crippen LogP contribution in [0.15, 0.2) is 78.9 Å². The molecule has 4 rings (SSSR count). The summed E-state index contributed by atoms with van der Waals surface area (Å²) >= 11 is 6.04. The molecule has 1 aliphatic rings. The average molecular weight is 405 g/mol. The minimum atomic E-state index is -1.06. The molecule has 0 radical (unpaired) electrons. The van der Waals surface area contributed by atoms with Crippen molar-refractivity contribution in [2.75, 3.05) is 4.90 Å². The van der Waals surface area contributed by atoms with Gasteiger partial charge in [0.1, 0.15) is 5.54 Å². The van der Waals surface area contributed by atoms with E-state index in [1.165, 1.54) is 0 Å². The summed E-state index contributed by atoms with van der Waals surface area (Å²) in [5.41, 5.74) is 2.08. The van der Waals surface area contributed by atoms with Crippen molar-refractivity contribution in [2.45, 2.75) is 25.4 Å². The summed E-state index contributed by atoms with van der Waals surface area (Å²) in [6.45, 7) is 2.22. The third-order valence-corrected chi connectivity index (χ3v) is 5.60. The molecule has 1 heterocycles. The van der Waals surface area contributed by atoms with Crippen molar-refractivity contribution in [1.29, 1.82) is 0 Å². The molecule has 2 amide bonds. The molecule has 0 saturated heterocycles. The highest BCUT2D eigenvalue weighted by molar-refractivity contribution is 6.30. The van der Waals surface area contributed by atoms with Gasteiger partial charge >= 0.3 is 0 Å². The number of fused-ring (bicyclic) bond motifs is 1. The number of anilines is 1. The minimum Gasteiger partial charge on any atom is -0.350 e. The molecule has 3 aromatic carbocycles. The first-order valence-electron chi connectivity index (χ1n) is 9.49. The van der Waals surface area contributed by atoms with Crippen molar-refractivity contribution in [3.63, 3.8) is 0 Å². The third-order valence-electron chi connectivity index (χ3n) is 5.35. The highest BCUT2D eigenvalue weighted by Gasteiger charge is 2.47. The molecule has 1 aliphatic heterocycles. The Kier molecular flexibility index (Phi) is 5.12. The largest absolute Gasteiger partial charge is 0.350 e. The van der Waals surface area contributed by atoms with Crippen LogP contribution < -0.4 is 10.2 Å². The van der Waals surface area contributed by atoms with Gasteiger partial charge in [-0.1, -0.05) is 60.1 Å². The molecule has 1 atom stereocenters. The number of carbonyl (C=O) groups is 2. The predicted octanol–water partition coefficient (Wildman–Crippen LogP) is 4.62. The van der Waals surface area contributed by atoms with Crippen molar-refractivity contribution in [1.82, 2.24) is 5.32 Å². The van der Waals surface area contributed by atoms with Crippen LogP contribution in [-0.4, -0.2) is 17.4 Å². The van der Waals surface area contributed by atoms with Crippen LogP contribution in [0.1, 0.15) is 28.4 Å². The molecule has 0 fully saturated rings. The number of hydrogen-bond donors (Lipinski definition) is 1. The molecule has 0 aliphatic carbocycles. The Hall–Kier alpha value is -3.11. The first-order valence-corrected chi connectivity index (χ1v) is 9.87. The van der Waals surface area contributed by atoms with Gasteiger partial charge in [-0.15, -0.1) is 0 Å². The summed E-state index contributed by atoms with van der Waals surface area (Å²) in [6, 6.07) is 24.2. The Morgan fingerprint density at radius 3 is 2.38 bits per heavy atom. The maximum absolute atomic E-state index is 13.4. The molecular weight excluding hydrogens is 384 g/mol. The number of hydrogen-bond acceptors (Lipinski definition) is 2. The molecule has 1 N–H and O–H groups in total. The van der Waals surface area contributed by atoms with Gasteiger partial charge in [-0.25, -0.2) is 0 Å². The quantitative estimate of drug-likeness (QED) is 0.689. The Bertz CT molecular complexity index is 1050. The van der Waals surface area contributed by atoms with E-state index in [4.69, 9.17) is 11.6 Å². The van der Waals surface area contributed by atoms with Crippen LogP contribution in [-0.2, 0) is 17.8 Å². The van der Waals surface area contributed by atoms with Crippen molar-refractivity contribution in [3.8, 4) is 0 Å². The van der Waals surface area contributed by atoms with Gasteiger partial charge in [0.05, 0.1) is 0 Å². The van der Waals surface area contributed by atoms with E-state index in [1.807, 2.05) is 61.5 Å². The lowest BCUT2D eigenvalue weighted by Gasteiger charge is -2.44. The minimum absolute atomic E-state index is 0.188. The molecule has 0 spiro atoms. The van der Waals surface area contributed by atoms with Gasteiger partial charge in [0, 0.05) is 29.2 Å². The number of halogens is 1. The van der Waals surface area contributed by atoms with Gasteiger partial charge < -0.3 is 5.32 Å². The van der Waals surface area contributed by atoms with Crippen LogP contribution in [0.3, 0.4) is 0 Å². The maximum Gasteiger partial charge on any atom is 0.259 e. The number of carbonyl (C=O) groups excluding carboxylic acids is 2. The molecule has 146 valence electrons. The van der Waals surface area contributed by atoms with Crippen molar-refractivity contribution in [2.24, 2.45) is 0 Å². The van der Waals surface area contributed by atoms with Gasteiger partial charge in [0.15, 0.2) is 0 Å². The average Bonchev–Trinajstić information content (AvgIpc) is 2.74. The Balaban J connectivity index is 1.71. The second kappa shape index (κ2) is 7.72. The topological polar surface area (TPSA) is 49.4 Å². The van der Waals surface area contributed by atoms with E-state index in [0.29, 0.717) is 29.2 Å². The van der Waals surface area contributed by atoms with Crippen LogP contribution in [0.2, 0.25) is 5.02 Å². The lowest BCUT2D eigenvalue weighted by Crippen LogP contribution is -2.63. The first-order chi connectivity index (χ1) is 14.0. The number of nitrogens with zero attached hydrogens (tertiary/aromatic N) is 1. The zero-order valence-electron chi connectivity index (χ0n) is 16.1. The van der Waals surface area contributed by atoms with Crippen molar-refractivity contribution in [3.05, 3.63) is 101 Å². The first kappa shape index (κ1) is 19.2. The molecule has 0 bridgehead atoms. The summed E-state index contributed by atoms with van der Waals surface area (Å²) in [6.07, 6.45) is 0.429. The Morgan fingerprint density at radius 2 is 1.66 bits per heavy atom. The fourth-order valence-electron chi connectivity index (χ4n) is 3.82. The zero-order valence-corrected chi connectivity index (χ0v) is 16.8. The van der Waals surface area contributed by atoms with Crippen LogP contribution in [0.4, 0.5) is 5.69 Å². The van der Waals surface area contributed by atoms with Crippen molar-refractivity contribution < 1.29 is 9.59 Å². The third kappa shape index (κ3) is 3.64. The molecule has 0 saturated carbocycles. The van der Waals surface area contributed by atoms with E-state index in [9.17, 15) is 9.59 Å². The second-order valence-corrected chi connectivity index (χ2v) is 7.83. The Labute approximate surface area is 175 Å². The number of benzene rings is 3. The monoisotopic (exact) mass is 404 g/mol. The number of nitrogens with one attached hydrogen (secondary N) is 1. The highest BCUT2D eigenvalue weighted by Crippen LogP contribution is 2.36. The summed E-state index contributed by atoms with van der Waals surface area (Å²) < 4.78 is 0. The SMILES string of the molecule is CC1(C(=O)NCc2ccccc2)Cc2ccccc2C(=O)N1c1ccc(Cl)cc1. The van der Waals surface area contributed by atoms with E-state index >= 15 is 0 Å². The lowest BCUT2D eigenvalue weighted by atomic mass is 9.82. The van der Waals surface area contributed by atoms with Gasteiger partial charge in [0.25, 0.3) is 5.91 Å². The molecule has 3 aromatic rings. The van der Waals surface area contributed by atoms with Crippen LogP contribution in [0, 0.1) is 0 Å². The van der Waals surface area contributed by atoms with E-state index in [-0.39, 0.29) is 11.8 Å². The summed E-state index contributed by atoms with van der Waals surface area (Å²) in [5.74, 6) is -0.384. The van der Waals surface area contributed by atoms with E-state index in [2.05, 4.69) is 5.32 Å². The summed E-state index contributed by atoms with van der Waals surface area (Å²) in [5, 5.41) is 3.59. The van der Waals surface area contributed by atoms with E-state index in [1.54, 1.807) is 29.2 Å². The fraction of sp³-hybridized carbons (Fsp3) is 0.167. The Morgan fingerprint density at radius 1 is 1.00 bits per heavy atom. The highest BCUT2D eigenvalue weighted by atomic mass is 35.5. The van der Waals surface area contributed by atoms with Crippen LogP contribution >= 0.6 is 11.6 Å². The van der Waals surface area contributed by atoms with E-state index in [0.717, 1.165) is 11.1 Å². The molecule has 4 nitrogen and oxygen atoms in total. The molecule has 0 aromatic heterocycles. The summed E-state index contributed by atoms with van der Waals surface area (Å²) in [7, 11) is 0. The van der Waals surface area contributed by atoms with Gasteiger partial charge in [-0.3, -0.25) is 14.5 Å². The molecular formula is C24H21ClN2O2. The number of amides is 2.